The van der Waals surface area contributed by atoms with Crippen LogP contribution in [-0.2, 0) is 23.8 Å². The van der Waals surface area contributed by atoms with E-state index in [4.69, 9.17) is 14.2 Å². The van der Waals surface area contributed by atoms with E-state index >= 15 is 0 Å². The van der Waals surface area contributed by atoms with Crippen molar-refractivity contribution in [2.75, 3.05) is 13.2 Å². The molecule has 0 fully saturated rings. The van der Waals surface area contributed by atoms with Gasteiger partial charge in [0.2, 0.25) is 0 Å². The average molecular weight is 584 g/mol. The molecule has 0 saturated heterocycles. The van der Waals surface area contributed by atoms with E-state index in [9.17, 15) is 14.4 Å². The summed E-state index contributed by atoms with van der Waals surface area (Å²) < 4.78 is 17.0. The normalized spacial score (nSPS) is 15.0. The molecule has 1 N–H and O–H groups in total. The molecular weight excluding hydrogens is 518 g/mol. The summed E-state index contributed by atoms with van der Waals surface area (Å²) in [6.07, 6.45) is 8.09. The van der Waals surface area contributed by atoms with Gasteiger partial charge in [0.15, 0.2) is 0 Å². The zero-order valence-corrected chi connectivity index (χ0v) is 29.0. The van der Waals surface area contributed by atoms with Crippen LogP contribution < -0.4 is 5.32 Å². The molecule has 2 atom stereocenters. The van der Waals surface area contributed by atoms with Crippen LogP contribution in [0.4, 0.5) is 4.79 Å². The number of nitrogens with one attached hydrogen (secondary N) is 1. The minimum Gasteiger partial charge on any atom is -0.463 e. The first kappa shape index (κ1) is 39.2. The molecule has 0 aliphatic rings. The monoisotopic (exact) mass is 583 g/mol. The highest BCUT2D eigenvalue weighted by atomic mass is 16.6. The van der Waals surface area contributed by atoms with Crippen LogP contribution in [0.3, 0.4) is 0 Å². The molecule has 7 nitrogen and oxygen atoms in total. The Balaban J connectivity index is 4.49. The SMILES string of the molecule is CCCCC(CC)CC(C)(C)OC(=O)CCCCC(C)(C)OC(=O)NCCOC(=O)C(C)(CC(C)(C)C)C(C)(C)C. The first-order valence-corrected chi connectivity index (χ1v) is 15.9. The van der Waals surface area contributed by atoms with E-state index in [-0.39, 0.29) is 35.9 Å². The first-order chi connectivity index (χ1) is 18.6. The lowest BCUT2D eigenvalue weighted by Crippen LogP contribution is -2.45. The lowest BCUT2D eigenvalue weighted by atomic mass is 9.61. The van der Waals surface area contributed by atoms with E-state index in [0.717, 1.165) is 19.3 Å². The number of hydrogen-bond acceptors (Lipinski definition) is 6. The number of alkyl carbamates (subject to hydrolysis) is 1. The van der Waals surface area contributed by atoms with Gasteiger partial charge in [-0.1, -0.05) is 81.1 Å². The molecule has 0 aromatic carbocycles. The van der Waals surface area contributed by atoms with Crippen LogP contribution in [-0.4, -0.2) is 42.4 Å². The van der Waals surface area contributed by atoms with E-state index < -0.39 is 22.7 Å². The van der Waals surface area contributed by atoms with E-state index in [2.05, 4.69) is 60.7 Å². The number of ether oxygens (including phenoxy) is 3. The zero-order valence-electron chi connectivity index (χ0n) is 29.0. The summed E-state index contributed by atoms with van der Waals surface area (Å²) in [7, 11) is 0. The van der Waals surface area contributed by atoms with Crippen LogP contribution in [0.2, 0.25) is 0 Å². The smallest absolute Gasteiger partial charge is 0.407 e. The van der Waals surface area contributed by atoms with Gasteiger partial charge >= 0.3 is 18.0 Å². The molecular formula is C34H65NO6. The molecule has 1 amide bonds. The number of carbonyl (C=O) groups excluding carboxylic acids is 3. The Bertz CT molecular complexity index is 805. The molecule has 0 aliphatic carbocycles. The third-order valence-corrected chi connectivity index (χ3v) is 8.09. The van der Waals surface area contributed by atoms with Crippen LogP contribution in [0.1, 0.15) is 154 Å². The second-order valence-electron chi connectivity index (χ2n) is 15.6. The summed E-state index contributed by atoms with van der Waals surface area (Å²) in [4.78, 5) is 37.9. The number of carbonyl (C=O) groups is 3. The summed E-state index contributed by atoms with van der Waals surface area (Å²) in [5.41, 5.74) is -2.10. The standard InChI is InChI=1S/C34H65NO6/c1-14-16-19-26(15-2)24-33(11,12)40-27(36)20-17-18-21-32(9,10)41-29(38)35-22-23-39-28(37)34(13,31(6,7)8)25-30(3,4)5/h26H,14-25H2,1-13H3,(H,35,38). The van der Waals surface area contributed by atoms with Gasteiger partial charge in [0.25, 0.3) is 0 Å². The predicted molar refractivity (Wildman–Crippen MR) is 168 cm³/mol. The van der Waals surface area contributed by atoms with E-state index in [1.54, 1.807) is 0 Å². The van der Waals surface area contributed by atoms with Crippen LogP contribution >= 0.6 is 0 Å². The quantitative estimate of drug-likeness (QED) is 0.0983. The summed E-state index contributed by atoms with van der Waals surface area (Å²) >= 11 is 0. The highest BCUT2D eigenvalue weighted by Crippen LogP contribution is 2.47. The van der Waals surface area contributed by atoms with Crippen LogP contribution in [0.25, 0.3) is 0 Å². The molecule has 0 saturated carbocycles. The van der Waals surface area contributed by atoms with Gasteiger partial charge in [0.1, 0.15) is 17.8 Å². The maximum absolute atomic E-state index is 13.0. The van der Waals surface area contributed by atoms with Gasteiger partial charge in [-0.15, -0.1) is 0 Å². The minimum absolute atomic E-state index is 0.0300. The lowest BCUT2D eigenvalue weighted by Gasteiger charge is -2.43. The van der Waals surface area contributed by atoms with Crippen molar-refractivity contribution in [3.05, 3.63) is 0 Å². The Kier molecular flexibility index (Phi) is 16.0. The average Bonchev–Trinajstić information content (AvgIpc) is 2.79. The second-order valence-corrected chi connectivity index (χ2v) is 15.6. The molecule has 0 spiro atoms. The van der Waals surface area contributed by atoms with Crippen molar-refractivity contribution in [3.63, 3.8) is 0 Å². The highest BCUT2D eigenvalue weighted by Gasteiger charge is 2.47. The summed E-state index contributed by atoms with van der Waals surface area (Å²) in [5, 5.41) is 2.69. The first-order valence-electron chi connectivity index (χ1n) is 15.9. The third-order valence-electron chi connectivity index (χ3n) is 8.09. The van der Waals surface area contributed by atoms with Crippen molar-refractivity contribution in [1.29, 1.82) is 0 Å². The molecule has 0 rings (SSSR count). The van der Waals surface area contributed by atoms with E-state index in [0.29, 0.717) is 31.6 Å². The molecule has 0 aromatic rings. The predicted octanol–water partition coefficient (Wildman–Crippen LogP) is 9.01. The van der Waals surface area contributed by atoms with Gasteiger partial charge in [-0.25, -0.2) is 4.79 Å². The molecule has 41 heavy (non-hydrogen) atoms. The van der Waals surface area contributed by atoms with Gasteiger partial charge in [0, 0.05) is 6.42 Å². The maximum atomic E-state index is 13.0. The molecule has 0 aliphatic heterocycles. The number of rotatable bonds is 18. The van der Waals surface area contributed by atoms with Crippen LogP contribution in [0.5, 0.6) is 0 Å². The van der Waals surface area contributed by atoms with E-state index in [1.807, 2.05) is 34.6 Å². The molecule has 2 unspecified atom stereocenters. The lowest BCUT2D eigenvalue weighted by molar-refractivity contribution is -0.164. The Morgan fingerprint density at radius 3 is 1.90 bits per heavy atom. The minimum atomic E-state index is -0.685. The third kappa shape index (κ3) is 16.4. The van der Waals surface area contributed by atoms with Gasteiger partial charge < -0.3 is 19.5 Å². The van der Waals surface area contributed by atoms with Crippen molar-refractivity contribution >= 4 is 18.0 Å². The molecule has 0 bridgehead atoms. The van der Waals surface area contributed by atoms with Gasteiger partial charge in [0.05, 0.1) is 12.0 Å². The largest absolute Gasteiger partial charge is 0.463 e. The highest BCUT2D eigenvalue weighted by molar-refractivity contribution is 5.77. The van der Waals surface area contributed by atoms with Gasteiger partial charge in [-0.05, 0) is 83.5 Å². The van der Waals surface area contributed by atoms with Gasteiger partial charge in [-0.3, -0.25) is 9.59 Å². The number of amides is 1. The number of unbranched alkanes of at least 4 members (excludes halogenated alkanes) is 2. The zero-order chi connectivity index (χ0) is 32.1. The fourth-order valence-corrected chi connectivity index (χ4v) is 5.36. The molecule has 0 aromatic heterocycles. The van der Waals surface area contributed by atoms with Crippen molar-refractivity contribution < 1.29 is 28.6 Å². The summed E-state index contributed by atoms with van der Waals surface area (Å²) in [6.45, 7) is 26.9. The number of esters is 2. The maximum Gasteiger partial charge on any atom is 0.407 e. The van der Waals surface area contributed by atoms with Crippen molar-refractivity contribution in [1.82, 2.24) is 5.32 Å². The summed E-state index contributed by atoms with van der Waals surface area (Å²) in [6, 6.07) is 0. The molecule has 0 radical (unpaired) electrons. The molecule has 7 heteroatoms. The summed E-state index contributed by atoms with van der Waals surface area (Å²) in [5.74, 6) is 0.154. The van der Waals surface area contributed by atoms with Gasteiger partial charge in [-0.2, -0.15) is 0 Å². The van der Waals surface area contributed by atoms with E-state index in [1.165, 1.54) is 19.3 Å². The Labute approximate surface area is 252 Å². The topological polar surface area (TPSA) is 90.9 Å². The Hall–Kier alpha value is -1.79. The van der Waals surface area contributed by atoms with Crippen molar-refractivity contribution in [2.24, 2.45) is 22.2 Å². The molecule has 242 valence electrons. The van der Waals surface area contributed by atoms with Crippen molar-refractivity contribution in [2.45, 2.75) is 165 Å². The Morgan fingerprint density at radius 1 is 0.780 bits per heavy atom. The molecule has 0 heterocycles. The second kappa shape index (κ2) is 16.7. The van der Waals surface area contributed by atoms with Crippen molar-refractivity contribution in [3.8, 4) is 0 Å². The number of hydrogen-bond donors (Lipinski definition) is 1. The Morgan fingerprint density at radius 2 is 1.39 bits per heavy atom. The fraction of sp³-hybridized carbons (Fsp3) is 0.912. The van der Waals surface area contributed by atoms with Crippen LogP contribution in [0.15, 0.2) is 0 Å². The van der Waals surface area contributed by atoms with Crippen LogP contribution in [0, 0.1) is 22.2 Å². The fourth-order valence-electron chi connectivity index (χ4n) is 5.36.